The molecule has 0 saturated carbocycles. The number of carbonyl (C=O) groups is 2. The number of thiophene rings is 1. The van der Waals surface area contributed by atoms with Crippen LogP contribution in [0.15, 0.2) is 41.8 Å². The summed E-state index contributed by atoms with van der Waals surface area (Å²) in [4.78, 5) is 31.1. The van der Waals surface area contributed by atoms with Crippen molar-refractivity contribution in [1.82, 2.24) is 19.7 Å². The minimum absolute atomic E-state index is 0.0117. The number of carbonyl (C=O) groups excluding carboxylic acids is 1. The summed E-state index contributed by atoms with van der Waals surface area (Å²) in [7, 11) is 0. The van der Waals surface area contributed by atoms with Gasteiger partial charge in [-0.05, 0) is 49.1 Å². The van der Waals surface area contributed by atoms with Crippen LogP contribution < -0.4 is 0 Å². The van der Waals surface area contributed by atoms with Crippen LogP contribution in [0.5, 0.6) is 0 Å². The molecule has 2 aromatic heterocycles. The van der Waals surface area contributed by atoms with Gasteiger partial charge in [0.1, 0.15) is 5.82 Å². The fourth-order valence-corrected chi connectivity index (χ4v) is 3.88. The summed E-state index contributed by atoms with van der Waals surface area (Å²) < 4.78 is 14.8. The van der Waals surface area contributed by atoms with E-state index in [1.807, 2.05) is 17.5 Å². The highest BCUT2D eigenvalue weighted by atomic mass is 32.1. The van der Waals surface area contributed by atoms with Gasteiger partial charge >= 0.3 is 5.97 Å². The highest BCUT2D eigenvalue weighted by Gasteiger charge is 2.43. The average Bonchev–Trinajstić information content (AvgIpc) is 3.41. The first-order chi connectivity index (χ1) is 13.4. The summed E-state index contributed by atoms with van der Waals surface area (Å²) in [5.41, 5.74) is -0.390. The van der Waals surface area contributed by atoms with E-state index in [-0.39, 0.29) is 18.2 Å². The van der Waals surface area contributed by atoms with E-state index in [1.54, 1.807) is 19.1 Å². The van der Waals surface area contributed by atoms with Gasteiger partial charge in [0, 0.05) is 13.1 Å². The van der Waals surface area contributed by atoms with E-state index in [1.165, 1.54) is 33.1 Å². The average molecular weight is 400 g/mol. The lowest BCUT2D eigenvalue weighted by Crippen LogP contribution is -2.35. The van der Waals surface area contributed by atoms with Crippen LogP contribution in [0, 0.1) is 11.2 Å². The number of likely N-dealkylation sites (tertiary alicyclic amines) is 1. The summed E-state index contributed by atoms with van der Waals surface area (Å²) >= 11 is 1.45. The molecular formula is C19H17FN4O3S. The van der Waals surface area contributed by atoms with Gasteiger partial charge in [-0.1, -0.05) is 6.07 Å². The fraction of sp³-hybridized carbons (Fsp3) is 0.263. The summed E-state index contributed by atoms with van der Waals surface area (Å²) in [6, 6.07) is 9.48. The van der Waals surface area contributed by atoms with Crippen LogP contribution >= 0.6 is 11.3 Å². The van der Waals surface area contributed by atoms with Gasteiger partial charge in [-0.2, -0.15) is 0 Å². The van der Waals surface area contributed by atoms with Crippen LogP contribution in [0.3, 0.4) is 0 Å². The standard InChI is InChI=1S/C19H17FN4O3S/c1-19(18(26)27)8-9-23(11-19)17(25)15-21-16(14-3-2-10-28-14)24(22-15)13-6-4-12(20)5-7-13/h2-7,10H,8-9,11H2,1H3,(H,26,27). The molecule has 1 aliphatic heterocycles. The van der Waals surface area contributed by atoms with Crippen molar-refractivity contribution in [1.29, 1.82) is 0 Å². The Hall–Kier alpha value is -3.07. The van der Waals surface area contributed by atoms with Gasteiger partial charge in [-0.25, -0.2) is 14.1 Å². The van der Waals surface area contributed by atoms with E-state index >= 15 is 0 Å². The molecule has 1 fully saturated rings. The third-order valence-electron chi connectivity index (χ3n) is 4.89. The quantitative estimate of drug-likeness (QED) is 0.727. The molecular weight excluding hydrogens is 383 g/mol. The van der Waals surface area contributed by atoms with Crippen molar-refractivity contribution >= 4 is 23.2 Å². The molecule has 3 aromatic rings. The Morgan fingerprint density at radius 2 is 2.00 bits per heavy atom. The van der Waals surface area contributed by atoms with Crippen molar-refractivity contribution in [2.24, 2.45) is 5.41 Å². The van der Waals surface area contributed by atoms with Gasteiger partial charge in [0.15, 0.2) is 5.82 Å². The Morgan fingerprint density at radius 1 is 1.25 bits per heavy atom. The Bertz CT molecular complexity index is 1030. The molecule has 1 atom stereocenters. The van der Waals surface area contributed by atoms with Gasteiger partial charge in [-0.3, -0.25) is 9.59 Å². The number of halogens is 1. The third-order valence-corrected chi connectivity index (χ3v) is 5.75. The van der Waals surface area contributed by atoms with Gasteiger partial charge < -0.3 is 10.0 Å². The molecule has 0 spiro atoms. The van der Waals surface area contributed by atoms with E-state index in [4.69, 9.17) is 0 Å². The van der Waals surface area contributed by atoms with Crippen molar-refractivity contribution in [2.75, 3.05) is 13.1 Å². The zero-order chi connectivity index (χ0) is 19.9. The topological polar surface area (TPSA) is 88.3 Å². The summed E-state index contributed by atoms with van der Waals surface area (Å²) in [5.74, 6) is -1.24. The van der Waals surface area contributed by atoms with Gasteiger partial charge in [-0.15, -0.1) is 16.4 Å². The number of amides is 1. The Morgan fingerprint density at radius 3 is 2.61 bits per heavy atom. The number of rotatable bonds is 4. The Labute approximate surface area is 164 Å². The molecule has 144 valence electrons. The lowest BCUT2D eigenvalue weighted by atomic mass is 9.90. The van der Waals surface area contributed by atoms with Crippen LogP contribution in [0.4, 0.5) is 4.39 Å². The van der Waals surface area contributed by atoms with E-state index < -0.39 is 17.3 Å². The predicted octanol–water partition coefficient (Wildman–Crippen LogP) is 3.07. The minimum Gasteiger partial charge on any atom is -0.481 e. The van der Waals surface area contributed by atoms with Crippen molar-refractivity contribution in [3.8, 4) is 16.4 Å². The second-order valence-electron chi connectivity index (χ2n) is 6.97. The SMILES string of the molecule is CC1(C(=O)O)CCN(C(=O)c2nc(-c3cccs3)n(-c3ccc(F)cc3)n2)C1. The number of carboxylic acid groups (broad SMARTS) is 1. The van der Waals surface area contributed by atoms with Crippen molar-refractivity contribution < 1.29 is 19.1 Å². The molecule has 0 aliphatic carbocycles. The number of hydrogen-bond donors (Lipinski definition) is 1. The van der Waals surface area contributed by atoms with Crippen molar-refractivity contribution in [3.63, 3.8) is 0 Å². The van der Waals surface area contributed by atoms with Crippen LogP contribution in [-0.2, 0) is 4.79 Å². The van der Waals surface area contributed by atoms with E-state index in [0.29, 0.717) is 24.5 Å². The maximum atomic E-state index is 13.3. The van der Waals surface area contributed by atoms with Crippen molar-refractivity contribution in [2.45, 2.75) is 13.3 Å². The number of aliphatic carboxylic acids is 1. The molecule has 1 amide bonds. The normalized spacial score (nSPS) is 19.1. The smallest absolute Gasteiger partial charge is 0.311 e. The molecule has 0 bridgehead atoms. The maximum absolute atomic E-state index is 13.3. The minimum atomic E-state index is -0.967. The molecule has 9 heteroatoms. The highest BCUT2D eigenvalue weighted by Crippen LogP contribution is 2.31. The van der Waals surface area contributed by atoms with Gasteiger partial charge in [0.05, 0.1) is 16.0 Å². The van der Waals surface area contributed by atoms with E-state index in [9.17, 15) is 19.1 Å². The molecule has 4 rings (SSSR count). The first-order valence-electron chi connectivity index (χ1n) is 8.67. The third kappa shape index (κ3) is 3.18. The molecule has 0 radical (unpaired) electrons. The van der Waals surface area contributed by atoms with Gasteiger partial charge in [0.25, 0.3) is 5.91 Å². The monoisotopic (exact) mass is 400 g/mol. The van der Waals surface area contributed by atoms with Crippen LogP contribution in [0.2, 0.25) is 0 Å². The van der Waals surface area contributed by atoms with Gasteiger partial charge in [0.2, 0.25) is 5.82 Å². The molecule has 3 heterocycles. The molecule has 28 heavy (non-hydrogen) atoms. The number of carboxylic acids is 1. The number of nitrogens with zero attached hydrogens (tertiary/aromatic N) is 4. The summed E-state index contributed by atoms with van der Waals surface area (Å²) in [5, 5.41) is 15.6. The van der Waals surface area contributed by atoms with E-state index in [2.05, 4.69) is 10.1 Å². The Kier molecular flexibility index (Phi) is 4.46. The van der Waals surface area contributed by atoms with Crippen molar-refractivity contribution in [3.05, 3.63) is 53.4 Å². The fourth-order valence-electron chi connectivity index (χ4n) is 3.18. The maximum Gasteiger partial charge on any atom is 0.311 e. The Balaban J connectivity index is 1.71. The lowest BCUT2D eigenvalue weighted by Gasteiger charge is -2.18. The zero-order valence-corrected chi connectivity index (χ0v) is 15.8. The number of benzene rings is 1. The van der Waals surface area contributed by atoms with Crippen LogP contribution in [0.1, 0.15) is 24.0 Å². The summed E-state index contributed by atoms with van der Waals surface area (Å²) in [6.45, 7) is 2.08. The first kappa shape index (κ1) is 18.3. The number of hydrogen-bond acceptors (Lipinski definition) is 5. The molecule has 1 unspecified atom stereocenters. The zero-order valence-electron chi connectivity index (χ0n) is 15.0. The summed E-state index contributed by atoms with van der Waals surface area (Å²) in [6.07, 6.45) is 0.379. The number of aromatic nitrogens is 3. The molecule has 1 saturated heterocycles. The first-order valence-corrected chi connectivity index (χ1v) is 9.55. The molecule has 1 aromatic carbocycles. The van der Waals surface area contributed by atoms with Crippen LogP contribution in [0.25, 0.3) is 16.4 Å². The molecule has 7 nitrogen and oxygen atoms in total. The molecule has 1 aliphatic rings. The van der Waals surface area contributed by atoms with Crippen LogP contribution in [-0.4, -0.2) is 49.7 Å². The highest BCUT2D eigenvalue weighted by molar-refractivity contribution is 7.13. The predicted molar refractivity (Wildman–Crippen MR) is 101 cm³/mol. The second-order valence-corrected chi connectivity index (χ2v) is 7.91. The lowest BCUT2D eigenvalue weighted by molar-refractivity contribution is -0.147. The largest absolute Gasteiger partial charge is 0.481 e. The van der Waals surface area contributed by atoms with E-state index in [0.717, 1.165) is 4.88 Å². The second kappa shape index (κ2) is 6.83. The molecule has 1 N–H and O–H groups in total.